The molecule has 0 spiro atoms. The summed E-state index contributed by atoms with van der Waals surface area (Å²) in [5, 5.41) is 11.9. The molecule has 2 unspecified atom stereocenters. The lowest BCUT2D eigenvalue weighted by Gasteiger charge is -2.03. The van der Waals surface area contributed by atoms with Crippen LogP contribution in [0.15, 0.2) is 11.6 Å². The molecule has 0 amide bonds. The van der Waals surface area contributed by atoms with E-state index in [-0.39, 0.29) is 0 Å². The van der Waals surface area contributed by atoms with Crippen LogP contribution in [0.3, 0.4) is 0 Å². The van der Waals surface area contributed by atoms with Gasteiger partial charge >= 0.3 is 5.97 Å². The van der Waals surface area contributed by atoms with Crippen molar-refractivity contribution in [1.29, 1.82) is 0 Å². The summed E-state index contributed by atoms with van der Waals surface area (Å²) >= 11 is 0. The van der Waals surface area contributed by atoms with Crippen LogP contribution in [0.1, 0.15) is 33.1 Å². The lowest BCUT2D eigenvalue weighted by molar-refractivity contribution is -0.131. The van der Waals surface area contributed by atoms with E-state index in [0.717, 1.165) is 11.5 Å². The lowest BCUT2D eigenvalue weighted by Crippen LogP contribution is -2.20. The SMILES string of the molecule is CCCC1CC1NCC(C)=CC(=O)O. The molecular weight excluding hydrogens is 178 g/mol. The van der Waals surface area contributed by atoms with Gasteiger partial charge < -0.3 is 10.4 Å². The molecule has 1 fully saturated rings. The molecule has 2 N–H and O–H groups in total. The molecule has 0 aliphatic heterocycles. The van der Waals surface area contributed by atoms with Crippen LogP contribution in [0.25, 0.3) is 0 Å². The topological polar surface area (TPSA) is 49.3 Å². The average molecular weight is 197 g/mol. The molecule has 3 nitrogen and oxygen atoms in total. The maximum atomic E-state index is 10.3. The number of carbonyl (C=O) groups is 1. The van der Waals surface area contributed by atoms with Crippen LogP contribution in [0.4, 0.5) is 0 Å². The molecule has 0 saturated heterocycles. The second kappa shape index (κ2) is 5.15. The lowest BCUT2D eigenvalue weighted by atomic mass is 10.2. The van der Waals surface area contributed by atoms with Gasteiger partial charge in [0, 0.05) is 18.7 Å². The second-order valence-corrected chi connectivity index (χ2v) is 4.10. The fourth-order valence-corrected chi connectivity index (χ4v) is 1.74. The van der Waals surface area contributed by atoms with Gasteiger partial charge in [-0.2, -0.15) is 0 Å². The largest absolute Gasteiger partial charge is 0.478 e. The number of carboxylic acid groups (broad SMARTS) is 1. The number of hydrogen-bond acceptors (Lipinski definition) is 2. The van der Waals surface area contributed by atoms with Gasteiger partial charge in [-0.1, -0.05) is 18.9 Å². The van der Waals surface area contributed by atoms with E-state index in [1.807, 2.05) is 6.92 Å². The molecule has 0 radical (unpaired) electrons. The fourth-order valence-electron chi connectivity index (χ4n) is 1.74. The molecule has 1 aliphatic carbocycles. The maximum Gasteiger partial charge on any atom is 0.328 e. The van der Waals surface area contributed by atoms with Crippen LogP contribution >= 0.6 is 0 Å². The molecule has 0 bridgehead atoms. The first-order valence-electron chi connectivity index (χ1n) is 5.27. The van der Waals surface area contributed by atoms with E-state index in [1.54, 1.807) is 0 Å². The van der Waals surface area contributed by atoms with E-state index < -0.39 is 5.97 Å². The van der Waals surface area contributed by atoms with E-state index in [0.29, 0.717) is 12.6 Å². The van der Waals surface area contributed by atoms with Crippen molar-refractivity contribution < 1.29 is 9.90 Å². The third kappa shape index (κ3) is 3.92. The van der Waals surface area contributed by atoms with Crippen LogP contribution < -0.4 is 5.32 Å². The summed E-state index contributed by atoms with van der Waals surface area (Å²) in [5.74, 6) is -0.0252. The molecule has 0 aromatic rings. The maximum absolute atomic E-state index is 10.3. The van der Waals surface area contributed by atoms with Gasteiger partial charge in [-0.25, -0.2) is 4.79 Å². The highest BCUT2D eigenvalue weighted by atomic mass is 16.4. The summed E-state index contributed by atoms with van der Waals surface area (Å²) < 4.78 is 0. The smallest absolute Gasteiger partial charge is 0.328 e. The van der Waals surface area contributed by atoms with Crippen molar-refractivity contribution in [2.45, 2.75) is 39.2 Å². The third-order valence-electron chi connectivity index (χ3n) is 2.60. The molecule has 80 valence electrons. The molecule has 1 aliphatic rings. The molecule has 3 heteroatoms. The Morgan fingerprint density at radius 3 is 2.93 bits per heavy atom. The van der Waals surface area contributed by atoms with Gasteiger partial charge in [-0.3, -0.25) is 0 Å². The Bertz CT molecular complexity index is 235. The van der Waals surface area contributed by atoms with Crippen molar-refractivity contribution in [1.82, 2.24) is 5.32 Å². The Morgan fingerprint density at radius 1 is 1.64 bits per heavy atom. The zero-order chi connectivity index (χ0) is 10.6. The number of rotatable bonds is 6. The predicted molar refractivity (Wildman–Crippen MR) is 56.2 cm³/mol. The molecular formula is C11H19NO2. The van der Waals surface area contributed by atoms with E-state index in [4.69, 9.17) is 5.11 Å². The summed E-state index contributed by atoms with van der Waals surface area (Å²) in [5.41, 5.74) is 0.889. The first-order valence-corrected chi connectivity index (χ1v) is 5.27. The quantitative estimate of drug-likeness (QED) is 0.638. The third-order valence-corrected chi connectivity index (χ3v) is 2.60. The Hall–Kier alpha value is -0.830. The first kappa shape index (κ1) is 11.2. The normalized spacial score (nSPS) is 26.3. The van der Waals surface area contributed by atoms with Crippen molar-refractivity contribution in [3.8, 4) is 0 Å². The number of carboxylic acids is 1. The standard InChI is InChI=1S/C11H19NO2/c1-3-4-9-6-10(9)12-7-8(2)5-11(13)14/h5,9-10,12H,3-4,6-7H2,1-2H3,(H,13,14). The van der Waals surface area contributed by atoms with E-state index in [1.165, 1.54) is 25.3 Å². The molecule has 1 rings (SSSR count). The molecule has 2 atom stereocenters. The van der Waals surface area contributed by atoms with Crippen molar-refractivity contribution >= 4 is 5.97 Å². The van der Waals surface area contributed by atoms with Gasteiger partial charge in [0.2, 0.25) is 0 Å². The Kier molecular flexibility index (Phi) is 4.14. The van der Waals surface area contributed by atoms with Gasteiger partial charge in [0.05, 0.1) is 0 Å². The summed E-state index contributed by atoms with van der Waals surface area (Å²) in [6.45, 7) is 4.75. The molecule has 14 heavy (non-hydrogen) atoms. The van der Waals surface area contributed by atoms with Gasteiger partial charge in [-0.15, -0.1) is 0 Å². The van der Waals surface area contributed by atoms with Crippen LogP contribution in [0.2, 0.25) is 0 Å². The molecule has 1 saturated carbocycles. The van der Waals surface area contributed by atoms with E-state index >= 15 is 0 Å². The highest BCUT2D eigenvalue weighted by Crippen LogP contribution is 2.34. The summed E-state index contributed by atoms with van der Waals surface area (Å²) in [7, 11) is 0. The van der Waals surface area contributed by atoms with Crippen molar-refractivity contribution in [3.63, 3.8) is 0 Å². The summed E-state index contributed by atoms with van der Waals surface area (Å²) in [4.78, 5) is 10.3. The van der Waals surface area contributed by atoms with Gasteiger partial charge in [-0.05, 0) is 25.7 Å². The van der Waals surface area contributed by atoms with Crippen LogP contribution in [-0.4, -0.2) is 23.7 Å². The Morgan fingerprint density at radius 2 is 2.36 bits per heavy atom. The van der Waals surface area contributed by atoms with Gasteiger partial charge in [0.25, 0.3) is 0 Å². The van der Waals surface area contributed by atoms with Crippen LogP contribution in [0.5, 0.6) is 0 Å². The zero-order valence-electron chi connectivity index (χ0n) is 8.92. The minimum Gasteiger partial charge on any atom is -0.478 e. The number of aliphatic carboxylic acids is 1. The molecule has 0 aromatic carbocycles. The highest BCUT2D eigenvalue weighted by molar-refractivity contribution is 5.80. The van der Waals surface area contributed by atoms with Gasteiger partial charge in [0.15, 0.2) is 0 Å². The molecule has 0 aromatic heterocycles. The second-order valence-electron chi connectivity index (χ2n) is 4.10. The van der Waals surface area contributed by atoms with Crippen LogP contribution in [-0.2, 0) is 4.79 Å². The van der Waals surface area contributed by atoms with Crippen LogP contribution in [0, 0.1) is 5.92 Å². The summed E-state index contributed by atoms with van der Waals surface area (Å²) in [6, 6.07) is 0.632. The Labute approximate surface area is 85.2 Å². The zero-order valence-corrected chi connectivity index (χ0v) is 8.92. The monoisotopic (exact) mass is 197 g/mol. The first-order chi connectivity index (χ1) is 6.63. The van der Waals surface area contributed by atoms with Gasteiger partial charge in [0.1, 0.15) is 0 Å². The van der Waals surface area contributed by atoms with Crippen molar-refractivity contribution in [2.24, 2.45) is 5.92 Å². The number of hydrogen-bond donors (Lipinski definition) is 2. The highest BCUT2D eigenvalue weighted by Gasteiger charge is 2.35. The minimum atomic E-state index is -0.856. The predicted octanol–water partition coefficient (Wildman–Crippen LogP) is 1.80. The summed E-state index contributed by atoms with van der Waals surface area (Å²) in [6.07, 6.45) is 5.06. The fraction of sp³-hybridized carbons (Fsp3) is 0.727. The van der Waals surface area contributed by atoms with E-state index in [2.05, 4.69) is 12.2 Å². The number of nitrogens with one attached hydrogen (secondary N) is 1. The average Bonchev–Trinajstić information content (AvgIpc) is 2.80. The minimum absolute atomic E-state index is 0.632. The van der Waals surface area contributed by atoms with Crippen molar-refractivity contribution in [2.75, 3.05) is 6.54 Å². The van der Waals surface area contributed by atoms with E-state index in [9.17, 15) is 4.79 Å². The Balaban J connectivity index is 2.13. The molecule has 0 heterocycles. The van der Waals surface area contributed by atoms with Crippen molar-refractivity contribution in [3.05, 3.63) is 11.6 Å².